The minimum Gasteiger partial charge on any atom is -0.444 e. The molecule has 35 heteroatoms. The molecule has 4 aromatic heterocycles. The highest BCUT2D eigenvalue weighted by molar-refractivity contribution is 6.18. The van der Waals surface area contributed by atoms with Gasteiger partial charge in [0, 0.05) is 239 Å². The monoisotopic (exact) mass is 1860 g/mol. The number of carbonyl (C=O) groups is 2. The second-order valence-electron chi connectivity index (χ2n) is 37.1. The highest BCUT2D eigenvalue weighted by Gasteiger charge is 2.35. The van der Waals surface area contributed by atoms with Crippen molar-refractivity contribution in [1.29, 1.82) is 21.0 Å². The molecule has 0 radical (unpaired) electrons. The van der Waals surface area contributed by atoms with Crippen molar-refractivity contribution in [3.8, 4) is 24.3 Å². The smallest absolute Gasteiger partial charge is 0.410 e. The number of rotatable bonds is 18. The Morgan fingerprint density at radius 2 is 0.664 bits per heavy atom. The van der Waals surface area contributed by atoms with E-state index in [1.165, 1.54) is 0 Å². The zero-order chi connectivity index (χ0) is 90.9. The van der Waals surface area contributed by atoms with Gasteiger partial charge in [0.1, 0.15) is 79.6 Å². The van der Waals surface area contributed by atoms with Crippen molar-refractivity contribution in [2.45, 2.75) is 138 Å². The topological polar surface area (TPSA) is 346 Å². The number of hydrogen-bond donors (Lipinski definition) is 2. The standard InChI is InChI=1S/C26H36N6O3.C22H30N6O.C21H28N6O.C15H16N4O.C11H21ClN2O2.CH4.2ClH/c1-19-15-21(34-14-13-30-9-11-31(12-10-30)25(33)35-26(2,3)4)18-32(17-19)22-6-5-20(16-27)23-24(22)29-8-7-28-23;1-17-13-19(29-12-11-27-9-7-26(2)8-10-27)16-28(15-17)20-4-3-18(14-23)21-22(20)25-6-5-24-21;1-16-12-18(28-11-10-26-8-6-23-7-9-26)15-27(14-16)19-3-2-17(13-22)20-21(19)25-5-4-24-20;1-10-6-12(20)9-19(8-10)13-3-2-11(7-16)14-15(13)18-5-4-17-14;1-11(2,3)16-10(15)14-8-6-13(5-4-12)7-9-14;;;/h5-8,19,21H,9-15,17-18H2,1-4H3;3-6,17,19H,7-13,15-16H2,1-2H3;2-5,16,18,23H,6-12,14-15H2,1H3;2-5,10,12,20H,6,8-9H2,1H3;4-9H2,1-3H3;1H4;2*1H/t19-,21+;17-,19+;16-,18+;10-,12+;;;;/m0000..../s1. The second-order valence-corrected chi connectivity index (χ2v) is 37.5. The Hall–Kier alpha value is -9.59. The number of halogens is 3. The predicted octanol–water partition coefficient (Wildman–Crippen LogP) is 11.9. The molecule has 32 nitrogen and oxygen atoms in total. The zero-order valence-electron chi connectivity index (χ0n) is 77.6. The Kier molecular flexibility index (Phi) is 41.0. The Bertz CT molecular complexity index is 5110. The van der Waals surface area contributed by atoms with Gasteiger partial charge in [-0.25, -0.2) is 9.59 Å². The number of ether oxygens (including phenoxy) is 5. The summed E-state index contributed by atoms with van der Waals surface area (Å²) in [5, 5.41) is 50.7. The van der Waals surface area contributed by atoms with Crippen LogP contribution < -0.4 is 24.9 Å². The van der Waals surface area contributed by atoms with Gasteiger partial charge in [-0.3, -0.25) is 59.5 Å². The molecular weight excluding hydrogens is 1720 g/mol. The van der Waals surface area contributed by atoms with Crippen LogP contribution in [-0.4, -0.2) is 343 Å². The maximum absolute atomic E-state index is 12.3. The average Bonchev–Trinajstić information content (AvgIpc) is 0.790. The number of β-amino-alcohol motifs (C(OH)–C–C–N with tert-alkyl or cyclic N) is 1. The number of aliphatic hydroxyl groups is 1. The van der Waals surface area contributed by atoms with Crippen molar-refractivity contribution in [3.63, 3.8) is 0 Å². The molecule has 2 amide bonds. The molecule has 710 valence electrons. The summed E-state index contributed by atoms with van der Waals surface area (Å²) in [6, 6.07) is 24.0. The summed E-state index contributed by atoms with van der Waals surface area (Å²) in [6.07, 6.45) is 17.0. The van der Waals surface area contributed by atoms with Crippen LogP contribution in [-0.2, 0) is 23.7 Å². The number of likely N-dealkylation sites (N-methyl/N-ethyl adjacent to an activating group) is 1. The van der Waals surface area contributed by atoms with E-state index in [1.54, 1.807) is 65.4 Å². The third-order valence-electron chi connectivity index (χ3n) is 24.3. The van der Waals surface area contributed by atoms with Crippen molar-refractivity contribution < 1.29 is 38.4 Å². The number of fused-ring (bicyclic) bond motifs is 4. The number of nitrogens with one attached hydrogen (secondary N) is 1. The molecule has 8 fully saturated rings. The molecule has 2 N–H and O–H groups in total. The number of aliphatic hydroxyl groups excluding tert-OH is 1. The molecule has 4 aromatic carbocycles. The normalized spacial score (nSPS) is 21.9. The molecule has 0 spiro atoms. The van der Waals surface area contributed by atoms with Crippen LogP contribution in [0.5, 0.6) is 0 Å². The maximum atomic E-state index is 12.3. The number of nitriles is 4. The molecule has 8 saturated heterocycles. The van der Waals surface area contributed by atoms with Crippen LogP contribution in [0.1, 0.15) is 125 Å². The highest BCUT2D eigenvalue weighted by Crippen LogP contribution is 2.36. The minimum atomic E-state index is -0.469. The van der Waals surface area contributed by atoms with Crippen LogP contribution >= 0.6 is 36.4 Å². The summed E-state index contributed by atoms with van der Waals surface area (Å²) in [5.74, 6) is 2.64. The van der Waals surface area contributed by atoms with Gasteiger partial charge in [-0.2, -0.15) is 21.0 Å². The van der Waals surface area contributed by atoms with E-state index in [0.29, 0.717) is 100 Å². The fourth-order valence-corrected chi connectivity index (χ4v) is 18.3. The molecule has 8 atom stereocenters. The second kappa shape index (κ2) is 51.0. The fourth-order valence-electron chi connectivity index (χ4n) is 18.0. The van der Waals surface area contributed by atoms with E-state index in [4.69, 9.17) is 40.5 Å². The lowest BCUT2D eigenvalue weighted by Crippen LogP contribution is -2.51. The van der Waals surface area contributed by atoms with E-state index in [0.717, 1.165) is 247 Å². The van der Waals surface area contributed by atoms with Crippen LogP contribution in [0.25, 0.3) is 44.1 Å². The van der Waals surface area contributed by atoms with Gasteiger partial charge in [-0.1, -0.05) is 35.1 Å². The molecule has 0 bridgehead atoms. The first-order chi connectivity index (χ1) is 61.7. The summed E-state index contributed by atoms with van der Waals surface area (Å²) in [4.78, 5) is 84.1. The molecule has 8 aliphatic heterocycles. The summed E-state index contributed by atoms with van der Waals surface area (Å²) >= 11 is 5.67. The van der Waals surface area contributed by atoms with Gasteiger partial charge >= 0.3 is 12.2 Å². The summed E-state index contributed by atoms with van der Waals surface area (Å²) in [7, 11) is 2.18. The van der Waals surface area contributed by atoms with Crippen LogP contribution in [0.2, 0.25) is 0 Å². The fraction of sp³-hybridized carbons (Fsp3) is 0.604. The summed E-state index contributed by atoms with van der Waals surface area (Å²) in [6.45, 7) is 48.1. The summed E-state index contributed by atoms with van der Waals surface area (Å²) < 4.78 is 29.7. The lowest BCUT2D eigenvalue weighted by Gasteiger charge is -2.39. The van der Waals surface area contributed by atoms with Gasteiger partial charge in [-0.05, 0) is 146 Å². The molecular formula is C96H137Cl3N24O8. The number of piperidine rings is 4. The number of nitrogens with zero attached hydrogens (tertiary/aromatic N) is 23. The average molecular weight is 1860 g/mol. The van der Waals surface area contributed by atoms with E-state index in [1.807, 2.05) is 84.0 Å². The Morgan fingerprint density at radius 1 is 0.397 bits per heavy atom. The lowest BCUT2D eigenvalue weighted by molar-refractivity contribution is 0.000784. The van der Waals surface area contributed by atoms with E-state index in [2.05, 4.69) is 148 Å². The predicted molar refractivity (Wildman–Crippen MR) is 520 cm³/mol. The number of alkyl halides is 1. The van der Waals surface area contributed by atoms with E-state index in [-0.39, 0.29) is 68.8 Å². The van der Waals surface area contributed by atoms with Gasteiger partial charge in [0.25, 0.3) is 0 Å². The van der Waals surface area contributed by atoms with E-state index in [9.17, 15) is 30.5 Å². The number of aromatic nitrogens is 8. The van der Waals surface area contributed by atoms with Gasteiger partial charge in [-0.15, -0.1) is 36.4 Å². The van der Waals surface area contributed by atoms with Crippen LogP contribution in [0, 0.1) is 69.0 Å². The number of anilines is 4. The first-order valence-corrected chi connectivity index (χ1v) is 46.1. The number of hydrogen-bond acceptors (Lipinski definition) is 30. The van der Waals surface area contributed by atoms with Crippen LogP contribution in [0.4, 0.5) is 32.3 Å². The van der Waals surface area contributed by atoms with Crippen LogP contribution in [0.15, 0.2) is 98.1 Å². The van der Waals surface area contributed by atoms with Crippen molar-refractivity contribution in [2.24, 2.45) is 23.7 Å². The molecule has 16 rings (SSSR count). The molecule has 0 saturated carbocycles. The van der Waals surface area contributed by atoms with Gasteiger partial charge in [0.15, 0.2) is 0 Å². The van der Waals surface area contributed by atoms with Gasteiger partial charge in [0.2, 0.25) is 0 Å². The number of carbonyl (C=O) groups excluding carboxylic acids is 2. The molecule has 131 heavy (non-hydrogen) atoms. The van der Waals surface area contributed by atoms with Crippen LogP contribution in [0.3, 0.4) is 0 Å². The van der Waals surface area contributed by atoms with Crippen molar-refractivity contribution >= 4 is 115 Å². The first-order valence-electron chi connectivity index (χ1n) is 45.6. The minimum absolute atomic E-state index is 0. The SMILES string of the molecule is C.CC(C)(C)OC(=O)N1CCN(CCCl)CC1.C[C@H]1C[C@@H](O)CN(c2ccc(C#N)c3nccnc23)C1.C[C@H]1C[C@@H](OCCN2CCN(C(=O)OC(C)(C)C)CC2)CN(c2ccc(C#N)c3nccnc23)C1.C[C@H]1C[C@@H](OCCN2CCN(C)CC2)CN(c2ccc(C#N)c3nccnc23)C1.C[C@H]1C[C@@H](OCCN2CCNCC2)CN(c2ccc(C#N)c3nccnc23)C1.Cl.Cl. The third-order valence-corrected chi connectivity index (χ3v) is 24.5. The Labute approximate surface area is 791 Å². The number of benzene rings is 4. The Morgan fingerprint density at radius 3 is 0.947 bits per heavy atom. The van der Waals surface area contributed by atoms with Gasteiger partial charge < -0.3 is 68.4 Å². The third kappa shape index (κ3) is 30.5. The summed E-state index contributed by atoms with van der Waals surface area (Å²) in [5.41, 5.74) is 11.1. The molecule has 0 unspecified atom stereocenters. The van der Waals surface area contributed by atoms with E-state index >= 15 is 0 Å². The van der Waals surface area contributed by atoms with Crippen molar-refractivity contribution in [2.75, 3.05) is 236 Å². The number of piperazine rings is 4. The van der Waals surface area contributed by atoms with Crippen molar-refractivity contribution in [1.82, 2.24) is 79.5 Å². The molecule has 8 aliphatic rings. The van der Waals surface area contributed by atoms with E-state index < -0.39 is 11.2 Å². The quantitative estimate of drug-likeness (QED) is 0.0754. The zero-order valence-corrected chi connectivity index (χ0v) is 80.0. The molecule has 12 heterocycles. The van der Waals surface area contributed by atoms with Crippen molar-refractivity contribution in [3.05, 3.63) is 120 Å². The Balaban J connectivity index is 0.000000187. The maximum Gasteiger partial charge on any atom is 0.410 e. The van der Waals surface area contributed by atoms with Gasteiger partial charge in [0.05, 0.1) is 89.2 Å². The largest absolute Gasteiger partial charge is 0.444 e. The molecule has 8 aromatic rings. The number of amides is 2. The highest BCUT2D eigenvalue weighted by atomic mass is 35.5. The first kappa shape index (κ1) is 105. The molecule has 0 aliphatic carbocycles. The lowest BCUT2D eigenvalue weighted by atomic mass is 9.96.